The molecule has 2 aromatic carbocycles. The third-order valence-electron chi connectivity index (χ3n) is 5.48. The summed E-state index contributed by atoms with van der Waals surface area (Å²) in [5, 5.41) is 2.60. The molecule has 1 aliphatic heterocycles. The second-order valence-corrected chi connectivity index (χ2v) is 8.04. The van der Waals surface area contributed by atoms with E-state index in [0.717, 1.165) is 56.0 Å². The molecule has 1 amide bonds. The van der Waals surface area contributed by atoms with E-state index in [1.807, 2.05) is 30.3 Å². The predicted molar refractivity (Wildman–Crippen MR) is 121 cm³/mol. The van der Waals surface area contributed by atoms with E-state index in [0.29, 0.717) is 0 Å². The Morgan fingerprint density at radius 1 is 1.12 bits per heavy atom. The first-order valence-corrected chi connectivity index (χ1v) is 11.1. The van der Waals surface area contributed by atoms with Crippen molar-refractivity contribution in [3.8, 4) is 0 Å². The van der Waals surface area contributed by atoms with E-state index in [1.165, 1.54) is 6.42 Å². The van der Waals surface area contributed by atoms with Gasteiger partial charge in [-0.25, -0.2) is 9.18 Å². The lowest BCUT2D eigenvalue weighted by Gasteiger charge is -2.28. The first-order chi connectivity index (χ1) is 16.2. The molecule has 0 saturated carbocycles. The maximum atomic E-state index is 12.9. The SMILES string of the molecule is CC(OC(=O)N1CCCCC1)C(C=O)c1ccccc1.CNCc1cc(C(F)(F)F)ccc1F. The molecule has 0 spiro atoms. The fourth-order valence-electron chi connectivity index (χ4n) is 3.60. The molecular weight excluding hydrogens is 452 g/mol. The number of piperidine rings is 1. The fraction of sp³-hybridized carbons (Fsp3) is 0.440. The highest BCUT2D eigenvalue weighted by Gasteiger charge is 2.31. The smallest absolute Gasteiger partial charge is 0.416 e. The van der Waals surface area contributed by atoms with Crippen molar-refractivity contribution in [2.45, 2.75) is 50.9 Å². The first-order valence-electron chi connectivity index (χ1n) is 11.1. The van der Waals surface area contributed by atoms with Gasteiger partial charge in [0.05, 0.1) is 11.5 Å². The molecule has 1 heterocycles. The minimum absolute atomic E-state index is 0.0160. The summed E-state index contributed by atoms with van der Waals surface area (Å²) < 4.78 is 55.0. The quantitative estimate of drug-likeness (QED) is 0.434. The van der Waals surface area contributed by atoms with Crippen LogP contribution in [0.15, 0.2) is 48.5 Å². The molecule has 2 aromatic rings. The van der Waals surface area contributed by atoms with E-state index >= 15 is 0 Å². The van der Waals surface area contributed by atoms with Crippen LogP contribution < -0.4 is 5.32 Å². The lowest BCUT2D eigenvalue weighted by molar-refractivity contribution is -0.137. The van der Waals surface area contributed by atoms with Gasteiger partial charge < -0.3 is 19.7 Å². The molecule has 0 aromatic heterocycles. The van der Waals surface area contributed by atoms with Crippen LogP contribution in [0.3, 0.4) is 0 Å². The Labute approximate surface area is 197 Å². The zero-order valence-corrected chi connectivity index (χ0v) is 19.3. The van der Waals surface area contributed by atoms with Crippen LogP contribution in [-0.2, 0) is 22.3 Å². The van der Waals surface area contributed by atoms with Crippen molar-refractivity contribution in [3.05, 3.63) is 71.0 Å². The molecule has 0 bridgehead atoms. The van der Waals surface area contributed by atoms with Gasteiger partial charge in [-0.2, -0.15) is 13.2 Å². The van der Waals surface area contributed by atoms with Gasteiger partial charge in [-0.15, -0.1) is 0 Å². The number of hydrogen-bond acceptors (Lipinski definition) is 4. The van der Waals surface area contributed by atoms with E-state index in [4.69, 9.17) is 4.74 Å². The average molecular weight is 483 g/mol. The number of benzene rings is 2. The summed E-state index contributed by atoms with van der Waals surface area (Å²) in [5.74, 6) is -1.04. The molecule has 5 nitrogen and oxygen atoms in total. The molecule has 1 saturated heterocycles. The molecule has 1 N–H and O–H groups in total. The summed E-state index contributed by atoms with van der Waals surface area (Å²) >= 11 is 0. The van der Waals surface area contributed by atoms with Gasteiger partial charge in [-0.1, -0.05) is 30.3 Å². The predicted octanol–water partition coefficient (Wildman–Crippen LogP) is 5.54. The highest BCUT2D eigenvalue weighted by Crippen LogP contribution is 2.30. The summed E-state index contributed by atoms with van der Waals surface area (Å²) in [5.41, 5.74) is 0.0629. The number of carbonyl (C=O) groups is 2. The van der Waals surface area contributed by atoms with Gasteiger partial charge in [0.2, 0.25) is 0 Å². The number of nitrogens with one attached hydrogen (secondary N) is 1. The van der Waals surface area contributed by atoms with Crippen LogP contribution in [0.25, 0.3) is 0 Å². The van der Waals surface area contributed by atoms with Crippen LogP contribution >= 0.6 is 0 Å². The molecule has 3 rings (SSSR count). The number of hydrogen-bond donors (Lipinski definition) is 1. The Balaban J connectivity index is 0.000000257. The maximum Gasteiger partial charge on any atom is 0.416 e. The van der Waals surface area contributed by atoms with E-state index in [9.17, 15) is 27.2 Å². The molecule has 186 valence electrons. The zero-order valence-electron chi connectivity index (χ0n) is 19.3. The topological polar surface area (TPSA) is 58.6 Å². The average Bonchev–Trinajstić information content (AvgIpc) is 2.82. The van der Waals surface area contributed by atoms with Crippen LogP contribution in [0.2, 0.25) is 0 Å². The van der Waals surface area contributed by atoms with Gasteiger partial charge in [0, 0.05) is 25.2 Å². The van der Waals surface area contributed by atoms with E-state index in [-0.39, 0.29) is 18.2 Å². The number of nitrogens with zero attached hydrogens (tertiary/aromatic N) is 1. The van der Waals surface area contributed by atoms with Gasteiger partial charge in [0.1, 0.15) is 18.2 Å². The van der Waals surface area contributed by atoms with E-state index in [2.05, 4.69) is 5.32 Å². The number of likely N-dealkylation sites (tertiary alicyclic amines) is 1. The van der Waals surface area contributed by atoms with Crippen molar-refractivity contribution in [2.75, 3.05) is 20.1 Å². The summed E-state index contributed by atoms with van der Waals surface area (Å²) in [6.45, 7) is 3.36. The van der Waals surface area contributed by atoms with Gasteiger partial charge in [0.15, 0.2) is 0 Å². The Kier molecular flexibility index (Phi) is 10.5. The number of halogens is 4. The third kappa shape index (κ3) is 8.13. The zero-order chi connectivity index (χ0) is 25.1. The largest absolute Gasteiger partial charge is 0.445 e. The molecule has 9 heteroatoms. The molecule has 2 unspecified atom stereocenters. The van der Waals surface area contributed by atoms with Crippen molar-refractivity contribution in [1.82, 2.24) is 10.2 Å². The number of alkyl halides is 3. The van der Waals surface area contributed by atoms with Crippen LogP contribution in [0.1, 0.15) is 48.8 Å². The summed E-state index contributed by atoms with van der Waals surface area (Å²) in [6, 6.07) is 11.8. The third-order valence-corrected chi connectivity index (χ3v) is 5.48. The van der Waals surface area contributed by atoms with Crippen LogP contribution in [0.4, 0.5) is 22.4 Å². The van der Waals surface area contributed by atoms with Gasteiger partial charge in [-0.05, 0) is 57.0 Å². The molecule has 2 atom stereocenters. The normalized spacial score (nSPS) is 15.5. The monoisotopic (exact) mass is 482 g/mol. The minimum Gasteiger partial charge on any atom is -0.445 e. The molecule has 0 radical (unpaired) electrons. The summed E-state index contributed by atoms with van der Waals surface area (Å²) in [6.07, 6.45) is -1.11. The van der Waals surface area contributed by atoms with Crippen molar-refractivity contribution in [3.63, 3.8) is 0 Å². The minimum atomic E-state index is -4.42. The number of carbonyl (C=O) groups excluding carboxylic acids is 2. The molecular formula is C25H30F4N2O3. The number of aldehydes is 1. The van der Waals surface area contributed by atoms with Crippen LogP contribution in [0, 0.1) is 5.82 Å². The molecule has 1 fully saturated rings. The van der Waals surface area contributed by atoms with E-state index in [1.54, 1.807) is 18.9 Å². The number of amides is 1. The maximum absolute atomic E-state index is 12.9. The number of ether oxygens (including phenoxy) is 1. The van der Waals surface area contributed by atoms with Gasteiger partial charge in [-0.3, -0.25) is 0 Å². The van der Waals surface area contributed by atoms with Crippen LogP contribution in [0.5, 0.6) is 0 Å². The Bertz CT molecular complexity index is 916. The van der Waals surface area contributed by atoms with Crippen molar-refractivity contribution in [1.29, 1.82) is 0 Å². The lowest BCUT2D eigenvalue weighted by atomic mass is 9.96. The van der Waals surface area contributed by atoms with Gasteiger partial charge in [0.25, 0.3) is 0 Å². The highest BCUT2D eigenvalue weighted by atomic mass is 19.4. The number of rotatable bonds is 6. The molecule has 34 heavy (non-hydrogen) atoms. The van der Waals surface area contributed by atoms with Crippen molar-refractivity contribution in [2.24, 2.45) is 0 Å². The fourth-order valence-corrected chi connectivity index (χ4v) is 3.60. The molecule has 0 aliphatic carbocycles. The second kappa shape index (κ2) is 13.1. The Morgan fingerprint density at radius 3 is 2.32 bits per heavy atom. The van der Waals surface area contributed by atoms with E-state index < -0.39 is 29.6 Å². The second-order valence-electron chi connectivity index (χ2n) is 8.04. The van der Waals surface area contributed by atoms with Crippen molar-refractivity contribution >= 4 is 12.4 Å². The first kappa shape index (κ1) is 27.3. The Morgan fingerprint density at radius 2 is 1.76 bits per heavy atom. The summed E-state index contributed by atoms with van der Waals surface area (Å²) in [7, 11) is 1.54. The van der Waals surface area contributed by atoms with Crippen LogP contribution in [-0.4, -0.2) is 43.5 Å². The van der Waals surface area contributed by atoms with Gasteiger partial charge >= 0.3 is 12.3 Å². The van der Waals surface area contributed by atoms with Crippen molar-refractivity contribution < 1.29 is 31.9 Å². The lowest BCUT2D eigenvalue weighted by Crippen LogP contribution is -2.38. The Hall–Kier alpha value is -2.94. The standard InChI is InChI=1S/C16H21NO3.C9H9F4N/c1-13(15(12-18)14-8-4-2-5-9-14)20-16(19)17-10-6-3-7-11-17;1-14-5-6-4-7(9(11,12)13)2-3-8(6)10/h2,4-5,8-9,12-13,15H,3,6-7,10-11H2,1H3;2-4,14H,5H2,1H3. The molecule has 1 aliphatic rings. The summed E-state index contributed by atoms with van der Waals surface area (Å²) in [4.78, 5) is 25.1. The highest BCUT2D eigenvalue weighted by molar-refractivity contribution is 5.69.